The van der Waals surface area contributed by atoms with Crippen LogP contribution in [-0.4, -0.2) is 47.1 Å². The van der Waals surface area contributed by atoms with Crippen LogP contribution in [0.15, 0.2) is 71.9 Å². The van der Waals surface area contributed by atoms with Crippen LogP contribution in [0.3, 0.4) is 0 Å². The van der Waals surface area contributed by atoms with Gasteiger partial charge in [0.2, 0.25) is 5.78 Å². The van der Waals surface area contributed by atoms with Crippen molar-refractivity contribution in [2.75, 3.05) is 13.2 Å². The van der Waals surface area contributed by atoms with Crippen molar-refractivity contribution >= 4 is 23.5 Å². The molecular weight excluding hydrogens is 443 g/mol. The molecule has 3 atom stereocenters. The lowest BCUT2D eigenvalue weighted by Gasteiger charge is -2.42. The van der Waals surface area contributed by atoms with Gasteiger partial charge in [-0.1, -0.05) is 30.8 Å². The van der Waals surface area contributed by atoms with Crippen LogP contribution in [0.5, 0.6) is 0 Å². The Kier molecular flexibility index (Phi) is 6.97. The van der Waals surface area contributed by atoms with E-state index < -0.39 is 23.6 Å². The molecule has 0 radical (unpaired) electrons. The molecule has 172 valence electrons. The van der Waals surface area contributed by atoms with Crippen LogP contribution in [0.1, 0.15) is 29.7 Å². The summed E-state index contributed by atoms with van der Waals surface area (Å²) in [5.41, 5.74) is 2.84. The third kappa shape index (κ3) is 4.88. The van der Waals surface area contributed by atoms with Gasteiger partial charge in [0.15, 0.2) is 5.76 Å². The molecule has 0 bridgehead atoms. The molecular formula is C25H25FN2O4S. The summed E-state index contributed by atoms with van der Waals surface area (Å²) in [4.78, 5) is 27.4. The first-order chi connectivity index (χ1) is 15.9. The molecule has 1 fully saturated rings. The maximum Gasteiger partial charge on any atom is 0.252 e. The second-order valence-corrected chi connectivity index (χ2v) is 9.03. The Morgan fingerprint density at radius 1 is 1.24 bits per heavy atom. The molecule has 2 aromatic rings. The summed E-state index contributed by atoms with van der Waals surface area (Å²) in [6.45, 7) is 5.72. The number of benzene rings is 2. The van der Waals surface area contributed by atoms with Gasteiger partial charge >= 0.3 is 0 Å². The number of nitrogens with one attached hydrogen (secondary N) is 1. The standard InChI is InChI=1S/C25H25FN2O4S/c1-3-20(29)21(30)11-24(31)28-15(2)12-32-13-23(28)27-25-18-9-8-17(26)10-16(18)14-33-22-7-5-4-6-19(22)25/h3-11,15,23,25,27,30H,1,12-14H2,2H3/b21-11-/t15-,23-,25-/m0/s1. The predicted molar refractivity (Wildman–Crippen MR) is 124 cm³/mol. The maximum atomic E-state index is 14.0. The Hall–Kier alpha value is -2.94. The molecule has 0 aromatic heterocycles. The van der Waals surface area contributed by atoms with Gasteiger partial charge in [0, 0.05) is 16.7 Å². The number of fused-ring (bicyclic) bond motifs is 2. The number of amides is 1. The van der Waals surface area contributed by atoms with E-state index in [0.717, 1.165) is 33.7 Å². The molecule has 0 aliphatic carbocycles. The Labute approximate surface area is 196 Å². The topological polar surface area (TPSA) is 78.9 Å². The number of nitrogens with zero attached hydrogens (tertiary/aromatic N) is 1. The molecule has 0 spiro atoms. The summed E-state index contributed by atoms with van der Waals surface area (Å²) in [6, 6.07) is 12.1. The predicted octanol–water partition coefficient (Wildman–Crippen LogP) is 3.88. The highest BCUT2D eigenvalue weighted by molar-refractivity contribution is 7.98. The van der Waals surface area contributed by atoms with Crippen LogP contribution in [0, 0.1) is 5.82 Å². The number of rotatable bonds is 5. The van der Waals surface area contributed by atoms with Crippen LogP contribution < -0.4 is 5.32 Å². The normalized spacial score (nSPS) is 22.7. The van der Waals surface area contributed by atoms with E-state index in [4.69, 9.17) is 4.74 Å². The van der Waals surface area contributed by atoms with Crippen molar-refractivity contribution in [1.29, 1.82) is 0 Å². The van der Waals surface area contributed by atoms with Gasteiger partial charge in [-0.25, -0.2) is 4.39 Å². The lowest BCUT2D eigenvalue weighted by Crippen LogP contribution is -2.60. The Morgan fingerprint density at radius 2 is 2.03 bits per heavy atom. The molecule has 0 unspecified atom stereocenters. The van der Waals surface area contributed by atoms with Gasteiger partial charge < -0.3 is 14.7 Å². The van der Waals surface area contributed by atoms with E-state index in [0.29, 0.717) is 12.4 Å². The fourth-order valence-electron chi connectivity index (χ4n) is 4.21. The van der Waals surface area contributed by atoms with E-state index in [1.165, 1.54) is 6.07 Å². The molecule has 33 heavy (non-hydrogen) atoms. The van der Waals surface area contributed by atoms with Crippen LogP contribution in [0.25, 0.3) is 0 Å². The fraction of sp³-hybridized carbons (Fsp3) is 0.280. The molecule has 2 aliphatic heterocycles. The van der Waals surface area contributed by atoms with Crippen molar-refractivity contribution < 1.29 is 23.8 Å². The van der Waals surface area contributed by atoms with E-state index in [1.807, 2.05) is 31.2 Å². The van der Waals surface area contributed by atoms with Crippen LogP contribution in [0.4, 0.5) is 4.39 Å². The van der Waals surface area contributed by atoms with E-state index >= 15 is 0 Å². The SMILES string of the molecule is C=CC(=O)/C(O)=C/C(=O)N1[C@@H](C)COC[C@H]1N[C@H]1c2ccc(F)cc2CSc2ccccc21. The number of carbonyl (C=O) groups is 2. The zero-order chi connectivity index (χ0) is 23.5. The van der Waals surface area contributed by atoms with Crippen molar-refractivity contribution in [3.05, 3.63) is 89.5 Å². The van der Waals surface area contributed by atoms with Crippen molar-refractivity contribution in [3.8, 4) is 0 Å². The van der Waals surface area contributed by atoms with E-state index in [1.54, 1.807) is 28.8 Å². The molecule has 0 saturated carbocycles. The van der Waals surface area contributed by atoms with Gasteiger partial charge in [-0.3, -0.25) is 14.9 Å². The number of halogens is 1. The second kappa shape index (κ2) is 9.91. The Morgan fingerprint density at radius 3 is 2.82 bits per heavy atom. The average Bonchev–Trinajstić information content (AvgIpc) is 2.95. The van der Waals surface area contributed by atoms with Crippen molar-refractivity contribution in [2.24, 2.45) is 0 Å². The lowest BCUT2D eigenvalue weighted by atomic mass is 9.94. The van der Waals surface area contributed by atoms with Gasteiger partial charge in [0.25, 0.3) is 5.91 Å². The summed E-state index contributed by atoms with van der Waals surface area (Å²) in [6.07, 6.45) is 1.33. The van der Waals surface area contributed by atoms with E-state index in [2.05, 4.69) is 11.9 Å². The second-order valence-electron chi connectivity index (χ2n) is 8.02. The zero-order valence-electron chi connectivity index (χ0n) is 18.2. The molecule has 2 N–H and O–H groups in total. The van der Waals surface area contributed by atoms with Crippen LogP contribution in [0.2, 0.25) is 0 Å². The van der Waals surface area contributed by atoms with E-state index in [9.17, 15) is 19.1 Å². The summed E-state index contributed by atoms with van der Waals surface area (Å²) in [5, 5.41) is 13.5. The summed E-state index contributed by atoms with van der Waals surface area (Å²) in [7, 11) is 0. The molecule has 2 heterocycles. The number of hydrogen-bond acceptors (Lipinski definition) is 6. The molecule has 1 amide bonds. The first-order valence-electron chi connectivity index (χ1n) is 10.6. The summed E-state index contributed by atoms with van der Waals surface area (Å²) < 4.78 is 19.7. The monoisotopic (exact) mass is 468 g/mol. The number of ether oxygens (including phenoxy) is 1. The fourth-order valence-corrected chi connectivity index (χ4v) is 5.30. The van der Waals surface area contributed by atoms with Crippen LogP contribution in [-0.2, 0) is 20.1 Å². The Balaban J connectivity index is 1.71. The zero-order valence-corrected chi connectivity index (χ0v) is 19.0. The third-order valence-electron chi connectivity index (χ3n) is 5.79. The smallest absolute Gasteiger partial charge is 0.252 e. The molecule has 6 nitrogen and oxygen atoms in total. The van der Waals surface area contributed by atoms with E-state index in [-0.39, 0.29) is 24.5 Å². The van der Waals surface area contributed by atoms with Crippen molar-refractivity contribution in [3.63, 3.8) is 0 Å². The third-order valence-corrected chi connectivity index (χ3v) is 6.92. The van der Waals surface area contributed by atoms with Gasteiger partial charge in [-0.05, 0) is 47.9 Å². The number of aliphatic hydroxyl groups excluding tert-OH is 1. The van der Waals surface area contributed by atoms with Crippen LogP contribution >= 0.6 is 11.8 Å². The first kappa shape index (κ1) is 23.2. The van der Waals surface area contributed by atoms with Gasteiger partial charge in [0.1, 0.15) is 12.0 Å². The quantitative estimate of drug-likeness (QED) is 0.512. The number of hydrogen-bond donors (Lipinski definition) is 2. The highest BCUT2D eigenvalue weighted by Crippen LogP contribution is 2.40. The molecule has 2 aliphatic rings. The lowest BCUT2D eigenvalue weighted by molar-refractivity contribution is -0.142. The summed E-state index contributed by atoms with van der Waals surface area (Å²) >= 11 is 1.64. The number of thioether (sulfide) groups is 1. The molecule has 4 rings (SSSR count). The van der Waals surface area contributed by atoms with Gasteiger partial charge in [-0.15, -0.1) is 11.8 Å². The van der Waals surface area contributed by atoms with Crippen molar-refractivity contribution in [2.45, 2.75) is 35.8 Å². The number of aliphatic hydroxyl groups is 1. The Bertz CT molecular complexity index is 1120. The minimum absolute atomic E-state index is 0.225. The number of allylic oxidation sites excluding steroid dienone is 1. The minimum Gasteiger partial charge on any atom is -0.504 e. The largest absolute Gasteiger partial charge is 0.504 e. The maximum absolute atomic E-state index is 14.0. The highest BCUT2D eigenvalue weighted by Gasteiger charge is 2.35. The molecule has 8 heteroatoms. The summed E-state index contributed by atoms with van der Waals surface area (Å²) in [5.74, 6) is -1.56. The highest BCUT2D eigenvalue weighted by atomic mass is 32.2. The first-order valence-corrected chi connectivity index (χ1v) is 11.6. The minimum atomic E-state index is -0.723. The van der Waals surface area contributed by atoms with Gasteiger partial charge in [-0.2, -0.15) is 0 Å². The average molecular weight is 469 g/mol. The molecule has 1 saturated heterocycles. The van der Waals surface area contributed by atoms with Crippen molar-refractivity contribution in [1.82, 2.24) is 10.2 Å². The molecule has 2 aromatic carbocycles. The number of morpholine rings is 1. The van der Waals surface area contributed by atoms with Gasteiger partial charge in [0.05, 0.1) is 25.3 Å². The number of ketones is 1. The number of carbonyl (C=O) groups excluding carboxylic acids is 2.